The summed E-state index contributed by atoms with van der Waals surface area (Å²) >= 11 is 0. The molecule has 1 atom stereocenters. The Labute approximate surface area is 175 Å². The van der Waals surface area contributed by atoms with Crippen LogP contribution in [0.2, 0.25) is 0 Å². The summed E-state index contributed by atoms with van der Waals surface area (Å²) in [5.74, 6) is -0.223. The minimum atomic E-state index is -0.272. The van der Waals surface area contributed by atoms with Crippen LogP contribution in [0.5, 0.6) is 0 Å². The Kier molecular flexibility index (Phi) is 6.38. The normalized spacial score (nSPS) is 19.2. The third-order valence-corrected chi connectivity index (χ3v) is 5.79. The summed E-state index contributed by atoms with van der Waals surface area (Å²) in [4.78, 5) is 33.6. The summed E-state index contributed by atoms with van der Waals surface area (Å²) < 4.78 is 18.3. The molecule has 158 valence electrons. The van der Waals surface area contributed by atoms with Crippen LogP contribution < -0.4 is 0 Å². The van der Waals surface area contributed by atoms with Crippen molar-refractivity contribution in [3.05, 3.63) is 65.2 Å². The van der Waals surface area contributed by atoms with Gasteiger partial charge < -0.3 is 14.5 Å². The molecule has 30 heavy (non-hydrogen) atoms. The largest absolute Gasteiger partial charge is 0.378 e. The first kappa shape index (κ1) is 20.5. The minimum absolute atomic E-state index is 0.0315. The molecule has 2 aromatic rings. The highest BCUT2D eigenvalue weighted by Gasteiger charge is 2.30. The lowest BCUT2D eigenvalue weighted by atomic mass is 10.1. The zero-order valence-corrected chi connectivity index (χ0v) is 16.9. The molecule has 0 saturated carbocycles. The summed E-state index contributed by atoms with van der Waals surface area (Å²) in [6.07, 6.45) is 4.39. The first-order valence-corrected chi connectivity index (χ1v) is 10.5. The predicted octanol–water partition coefficient (Wildman–Crippen LogP) is 2.99. The van der Waals surface area contributed by atoms with E-state index in [1.807, 2.05) is 11.0 Å². The summed E-state index contributed by atoms with van der Waals surface area (Å²) in [5, 5.41) is 0. The molecule has 0 radical (unpaired) electrons. The standard InChI is InChI=1S/C23H26FN3O3/c24-19-7-3-17(4-8-19)5-10-22(28)27-11-1-2-21(27)20-9-6-18(16-25-20)23(29)26-12-14-30-15-13-26/h3-4,6-9,16,21H,1-2,5,10-15H2. The monoisotopic (exact) mass is 411 g/mol. The number of carbonyl (C=O) groups is 2. The Balaban J connectivity index is 1.38. The minimum Gasteiger partial charge on any atom is -0.378 e. The van der Waals surface area contributed by atoms with Crippen LogP contribution in [0.4, 0.5) is 4.39 Å². The molecule has 2 aliphatic rings. The van der Waals surface area contributed by atoms with Crippen LogP contribution in [0, 0.1) is 5.82 Å². The van der Waals surface area contributed by atoms with Gasteiger partial charge in [0.2, 0.25) is 5.91 Å². The lowest BCUT2D eigenvalue weighted by Crippen LogP contribution is -2.40. The number of ether oxygens (including phenoxy) is 1. The molecule has 6 nitrogen and oxygen atoms in total. The first-order chi connectivity index (χ1) is 14.6. The van der Waals surface area contributed by atoms with Gasteiger partial charge >= 0.3 is 0 Å². The second-order valence-electron chi connectivity index (χ2n) is 7.75. The molecule has 1 aromatic heterocycles. The number of pyridine rings is 1. The van der Waals surface area contributed by atoms with Crippen molar-refractivity contribution < 1.29 is 18.7 Å². The number of amides is 2. The maximum atomic E-state index is 13.0. The molecule has 2 aliphatic heterocycles. The van der Waals surface area contributed by atoms with Gasteiger partial charge in [-0.05, 0) is 49.1 Å². The average molecular weight is 411 g/mol. The van der Waals surface area contributed by atoms with Crippen molar-refractivity contribution in [2.24, 2.45) is 0 Å². The maximum absolute atomic E-state index is 13.0. The smallest absolute Gasteiger partial charge is 0.255 e. The summed E-state index contributed by atoms with van der Waals surface area (Å²) in [6, 6.07) is 9.89. The topological polar surface area (TPSA) is 62.7 Å². The molecule has 1 unspecified atom stereocenters. The molecular formula is C23H26FN3O3. The van der Waals surface area contributed by atoms with Crippen LogP contribution in [-0.2, 0) is 16.0 Å². The molecule has 0 spiro atoms. The lowest BCUT2D eigenvalue weighted by Gasteiger charge is -2.27. The van der Waals surface area contributed by atoms with E-state index in [-0.39, 0.29) is 23.7 Å². The van der Waals surface area contributed by atoms with Crippen molar-refractivity contribution in [1.29, 1.82) is 0 Å². The van der Waals surface area contributed by atoms with Gasteiger partial charge in [-0.3, -0.25) is 14.6 Å². The van der Waals surface area contributed by atoms with Gasteiger partial charge in [0.25, 0.3) is 5.91 Å². The van der Waals surface area contributed by atoms with Crippen molar-refractivity contribution in [1.82, 2.24) is 14.8 Å². The molecule has 0 N–H and O–H groups in total. The second kappa shape index (κ2) is 9.34. The molecule has 3 heterocycles. The van der Waals surface area contributed by atoms with Crippen molar-refractivity contribution >= 4 is 11.8 Å². The van der Waals surface area contributed by atoms with E-state index in [9.17, 15) is 14.0 Å². The zero-order valence-electron chi connectivity index (χ0n) is 16.9. The maximum Gasteiger partial charge on any atom is 0.255 e. The zero-order chi connectivity index (χ0) is 20.9. The number of aromatic nitrogens is 1. The average Bonchev–Trinajstić information content (AvgIpc) is 3.29. The Hall–Kier alpha value is -2.80. The highest BCUT2D eigenvalue weighted by Crippen LogP contribution is 2.31. The lowest BCUT2D eigenvalue weighted by molar-refractivity contribution is -0.132. The van der Waals surface area contributed by atoms with Gasteiger partial charge in [-0.15, -0.1) is 0 Å². The third kappa shape index (κ3) is 4.67. The number of carbonyl (C=O) groups excluding carboxylic acids is 2. The number of nitrogens with zero attached hydrogens (tertiary/aromatic N) is 3. The summed E-state index contributed by atoms with van der Waals surface area (Å²) in [6.45, 7) is 3.03. The molecular weight excluding hydrogens is 385 g/mol. The second-order valence-corrected chi connectivity index (χ2v) is 7.75. The molecule has 7 heteroatoms. The van der Waals surface area contributed by atoms with Gasteiger partial charge in [0.1, 0.15) is 5.82 Å². The van der Waals surface area contributed by atoms with Crippen LogP contribution in [0.25, 0.3) is 0 Å². The molecule has 0 bridgehead atoms. The Morgan fingerprint density at radius 2 is 1.83 bits per heavy atom. The van der Waals surface area contributed by atoms with Crippen LogP contribution >= 0.6 is 0 Å². The van der Waals surface area contributed by atoms with Crippen molar-refractivity contribution in [3.8, 4) is 0 Å². The number of aryl methyl sites for hydroxylation is 1. The van der Waals surface area contributed by atoms with Gasteiger partial charge in [0, 0.05) is 32.3 Å². The van der Waals surface area contributed by atoms with E-state index in [1.54, 1.807) is 29.3 Å². The van der Waals surface area contributed by atoms with Gasteiger partial charge in [0.15, 0.2) is 0 Å². The number of morpholine rings is 1. The van der Waals surface area contributed by atoms with Crippen molar-refractivity contribution in [2.75, 3.05) is 32.8 Å². The Morgan fingerprint density at radius 3 is 2.53 bits per heavy atom. The number of halogens is 1. The molecule has 2 fully saturated rings. The predicted molar refractivity (Wildman–Crippen MR) is 109 cm³/mol. The molecule has 0 aliphatic carbocycles. The van der Waals surface area contributed by atoms with E-state index in [4.69, 9.17) is 4.74 Å². The quantitative estimate of drug-likeness (QED) is 0.759. The van der Waals surface area contributed by atoms with Gasteiger partial charge in [-0.1, -0.05) is 12.1 Å². The van der Waals surface area contributed by atoms with E-state index in [1.165, 1.54) is 12.1 Å². The Morgan fingerprint density at radius 1 is 1.07 bits per heavy atom. The van der Waals surface area contributed by atoms with Crippen LogP contribution in [-0.4, -0.2) is 59.4 Å². The van der Waals surface area contributed by atoms with Crippen LogP contribution in [0.1, 0.15) is 46.9 Å². The molecule has 2 saturated heterocycles. The van der Waals surface area contributed by atoms with E-state index >= 15 is 0 Å². The summed E-state index contributed by atoms with van der Waals surface area (Å²) in [7, 11) is 0. The SMILES string of the molecule is O=C(c1ccc(C2CCCN2C(=O)CCc2ccc(F)cc2)nc1)N1CCOCC1. The number of likely N-dealkylation sites (tertiary alicyclic amines) is 1. The van der Waals surface area contributed by atoms with Gasteiger partial charge in [-0.2, -0.15) is 0 Å². The Bertz CT molecular complexity index is 880. The number of hydrogen-bond acceptors (Lipinski definition) is 4. The third-order valence-electron chi connectivity index (χ3n) is 5.79. The fraction of sp³-hybridized carbons (Fsp3) is 0.435. The number of benzene rings is 1. The van der Waals surface area contributed by atoms with E-state index in [2.05, 4.69) is 4.98 Å². The van der Waals surface area contributed by atoms with E-state index in [0.717, 1.165) is 24.1 Å². The number of rotatable bonds is 5. The first-order valence-electron chi connectivity index (χ1n) is 10.5. The fourth-order valence-electron chi connectivity index (χ4n) is 4.10. The fourth-order valence-corrected chi connectivity index (χ4v) is 4.10. The summed E-state index contributed by atoms with van der Waals surface area (Å²) in [5.41, 5.74) is 2.33. The highest BCUT2D eigenvalue weighted by atomic mass is 19.1. The van der Waals surface area contributed by atoms with Crippen molar-refractivity contribution in [3.63, 3.8) is 0 Å². The van der Waals surface area contributed by atoms with Crippen molar-refractivity contribution in [2.45, 2.75) is 31.7 Å². The van der Waals surface area contributed by atoms with E-state index < -0.39 is 0 Å². The van der Waals surface area contributed by atoms with Crippen LogP contribution in [0.3, 0.4) is 0 Å². The molecule has 1 aromatic carbocycles. The highest BCUT2D eigenvalue weighted by molar-refractivity contribution is 5.94. The van der Waals surface area contributed by atoms with Gasteiger partial charge in [0.05, 0.1) is 30.5 Å². The van der Waals surface area contributed by atoms with Gasteiger partial charge in [-0.25, -0.2) is 4.39 Å². The number of hydrogen-bond donors (Lipinski definition) is 0. The van der Waals surface area contributed by atoms with E-state index in [0.29, 0.717) is 51.3 Å². The molecule has 4 rings (SSSR count). The van der Waals surface area contributed by atoms with Crippen LogP contribution in [0.15, 0.2) is 42.6 Å². The molecule has 2 amide bonds.